The average molecular weight is 595 g/mol. The van der Waals surface area contributed by atoms with E-state index in [4.69, 9.17) is 5.73 Å². The molecule has 7 heteroatoms. The minimum absolute atomic E-state index is 0.00629. The lowest BCUT2D eigenvalue weighted by atomic mass is 9.96. The first-order valence-corrected chi connectivity index (χ1v) is 16.2. The molecule has 0 bridgehead atoms. The Bertz CT molecular complexity index is 1040. The van der Waals surface area contributed by atoms with Crippen molar-refractivity contribution in [3.05, 3.63) is 97.7 Å². The van der Waals surface area contributed by atoms with Crippen LogP contribution in [0, 0.1) is 11.8 Å². The molecule has 0 amide bonds. The second-order valence-electron chi connectivity index (χ2n) is 12.1. The molecule has 0 aromatic rings. The van der Waals surface area contributed by atoms with E-state index in [1.165, 1.54) is 0 Å². The third kappa shape index (κ3) is 11.7. The van der Waals surface area contributed by atoms with E-state index < -0.39 is 0 Å². The van der Waals surface area contributed by atoms with E-state index in [-0.39, 0.29) is 17.3 Å². The fraction of sp³-hybridized carbons (Fsp3) is 0.543. The van der Waals surface area contributed by atoms with Crippen molar-refractivity contribution in [2.45, 2.75) is 95.9 Å². The molecule has 234 valence electrons. The molecular formula is C35H58N6S. The van der Waals surface area contributed by atoms with Crippen LogP contribution in [0.4, 0.5) is 0 Å². The van der Waals surface area contributed by atoms with Gasteiger partial charge in [0.1, 0.15) is 0 Å². The summed E-state index contributed by atoms with van der Waals surface area (Å²) in [6.45, 7) is 33.7. The van der Waals surface area contributed by atoms with E-state index in [1.807, 2.05) is 0 Å². The summed E-state index contributed by atoms with van der Waals surface area (Å²) >= 11 is 4.60. The van der Waals surface area contributed by atoms with Gasteiger partial charge in [0.15, 0.2) is 0 Å². The lowest BCUT2D eigenvalue weighted by Crippen LogP contribution is -2.44. The number of nitrogens with one attached hydrogen (secondary N) is 4. The Labute approximate surface area is 262 Å². The summed E-state index contributed by atoms with van der Waals surface area (Å²) in [6.07, 6.45) is 15.8. The van der Waals surface area contributed by atoms with E-state index in [0.29, 0.717) is 17.7 Å². The highest BCUT2D eigenvalue weighted by atomic mass is 32.1. The van der Waals surface area contributed by atoms with Crippen molar-refractivity contribution in [3.8, 4) is 0 Å². The molecule has 4 unspecified atom stereocenters. The van der Waals surface area contributed by atoms with Gasteiger partial charge in [-0.25, -0.2) is 0 Å². The lowest BCUT2D eigenvalue weighted by Gasteiger charge is -2.32. The minimum atomic E-state index is 0.00629. The van der Waals surface area contributed by atoms with Crippen molar-refractivity contribution in [2.24, 2.45) is 17.6 Å². The number of hydrogen-bond acceptors (Lipinski definition) is 7. The second-order valence-corrected chi connectivity index (χ2v) is 12.7. The van der Waals surface area contributed by atoms with Crippen molar-refractivity contribution in [3.63, 3.8) is 0 Å². The molecule has 6 nitrogen and oxygen atoms in total. The topological polar surface area (TPSA) is 77.4 Å². The van der Waals surface area contributed by atoms with Crippen LogP contribution in [0.5, 0.6) is 0 Å². The van der Waals surface area contributed by atoms with Gasteiger partial charge in [-0.2, -0.15) is 12.6 Å². The van der Waals surface area contributed by atoms with Gasteiger partial charge in [0.2, 0.25) is 0 Å². The van der Waals surface area contributed by atoms with Crippen molar-refractivity contribution in [2.75, 3.05) is 13.1 Å². The fourth-order valence-corrected chi connectivity index (χ4v) is 5.75. The molecule has 0 aromatic heterocycles. The van der Waals surface area contributed by atoms with Crippen LogP contribution in [-0.4, -0.2) is 35.3 Å². The van der Waals surface area contributed by atoms with Gasteiger partial charge in [-0.05, 0) is 62.9 Å². The first-order chi connectivity index (χ1) is 19.9. The Kier molecular flexibility index (Phi) is 15.0. The quantitative estimate of drug-likeness (QED) is 0.0638. The summed E-state index contributed by atoms with van der Waals surface area (Å²) in [6, 6.07) is 0.0595. The highest BCUT2D eigenvalue weighted by Gasteiger charge is 2.26. The Hall–Kier alpha value is -2.93. The molecule has 4 atom stereocenters. The van der Waals surface area contributed by atoms with Crippen LogP contribution >= 0.6 is 12.6 Å². The summed E-state index contributed by atoms with van der Waals surface area (Å²) < 4.78 is 0. The Morgan fingerprint density at radius 1 is 1.07 bits per heavy atom. The summed E-state index contributed by atoms with van der Waals surface area (Å²) in [5, 5.41) is 14.3. The van der Waals surface area contributed by atoms with Gasteiger partial charge in [-0.1, -0.05) is 78.8 Å². The number of unbranched alkanes of at least 4 members (excludes halogenated alkanes) is 2. The zero-order chi connectivity index (χ0) is 31.2. The lowest BCUT2D eigenvalue weighted by molar-refractivity contribution is 0.421. The van der Waals surface area contributed by atoms with Gasteiger partial charge in [-0.3, -0.25) is 0 Å². The van der Waals surface area contributed by atoms with Crippen molar-refractivity contribution >= 4 is 12.6 Å². The van der Waals surface area contributed by atoms with Gasteiger partial charge in [0.05, 0.1) is 17.9 Å². The molecule has 1 aliphatic carbocycles. The first kappa shape index (κ1) is 35.3. The molecule has 1 aliphatic heterocycles. The molecule has 1 fully saturated rings. The largest absolute Gasteiger partial charge is 0.386 e. The summed E-state index contributed by atoms with van der Waals surface area (Å²) in [5.74, 6) is 1.44. The van der Waals surface area contributed by atoms with Crippen molar-refractivity contribution in [1.82, 2.24) is 26.2 Å². The van der Waals surface area contributed by atoms with Gasteiger partial charge < -0.3 is 31.9 Å². The summed E-state index contributed by atoms with van der Waals surface area (Å²) in [4.78, 5) is 2.24. The predicted octanol–water partition coefficient (Wildman–Crippen LogP) is 6.95. The second kappa shape index (κ2) is 17.9. The normalized spacial score (nSPS) is 19.7. The number of hydrogen-bond donors (Lipinski definition) is 6. The van der Waals surface area contributed by atoms with Crippen molar-refractivity contribution in [1.29, 1.82) is 0 Å². The number of nitrogens with zero attached hydrogens (tertiary/aromatic N) is 1. The van der Waals surface area contributed by atoms with Gasteiger partial charge >= 0.3 is 0 Å². The molecule has 6 N–H and O–H groups in total. The SMILES string of the molecule is C=C(N)NCCCC(NC(=C)C(NC(=C)CCCCCN1C(=C)CC(S)C1=C)C(C)C)C(=C)NC1=CCC(CC)C=C1. The minimum Gasteiger partial charge on any atom is -0.386 e. The molecule has 2 rings (SSSR count). The predicted molar refractivity (Wildman–Crippen MR) is 186 cm³/mol. The highest BCUT2D eigenvalue weighted by Crippen LogP contribution is 2.32. The number of rotatable bonds is 21. The van der Waals surface area contributed by atoms with E-state index in [9.17, 15) is 0 Å². The van der Waals surface area contributed by atoms with Gasteiger partial charge in [-0.15, -0.1) is 0 Å². The maximum absolute atomic E-state index is 5.70. The number of nitrogens with two attached hydrogens (primary N) is 1. The molecule has 0 aromatic carbocycles. The molecule has 1 saturated heterocycles. The molecule has 0 saturated carbocycles. The monoisotopic (exact) mass is 594 g/mol. The van der Waals surface area contributed by atoms with E-state index in [2.05, 4.69) is 117 Å². The smallest absolute Gasteiger partial charge is 0.0885 e. The van der Waals surface area contributed by atoms with Gasteiger partial charge in [0.25, 0.3) is 0 Å². The standard InChI is InChI=1S/C35H58N6S/c1-10-31-17-19-32(20-18-31)39-27(6)33(16-14-21-37-30(9)36)40-28(7)35(24(2)3)38-25(4)15-12-11-13-22-41-26(5)23-34(42)29(41)8/h17,19-20,24,31,33-35,37-40,42H,4-16,18,21-23,36H2,1-3H3. The molecule has 1 heterocycles. The molecule has 0 radical (unpaired) electrons. The average Bonchev–Trinajstić information content (AvgIpc) is 3.18. The number of likely N-dealkylation sites (tertiary alicyclic amines) is 1. The highest BCUT2D eigenvalue weighted by molar-refractivity contribution is 7.81. The van der Waals surface area contributed by atoms with Crippen LogP contribution in [-0.2, 0) is 0 Å². The van der Waals surface area contributed by atoms with Crippen LogP contribution in [0.1, 0.15) is 78.6 Å². The fourth-order valence-electron chi connectivity index (χ4n) is 5.40. The Balaban J connectivity index is 1.89. The third-order valence-electron chi connectivity index (χ3n) is 8.12. The van der Waals surface area contributed by atoms with Crippen LogP contribution in [0.2, 0.25) is 0 Å². The Morgan fingerprint density at radius 2 is 1.81 bits per heavy atom. The molecule has 0 spiro atoms. The van der Waals surface area contributed by atoms with Gasteiger partial charge in [0, 0.05) is 58.9 Å². The maximum Gasteiger partial charge on any atom is 0.0885 e. The van der Waals surface area contributed by atoms with E-state index in [0.717, 1.165) is 105 Å². The van der Waals surface area contributed by atoms with Crippen LogP contribution in [0.25, 0.3) is 0 Å². The van der Waals surface area contributed by atoms with Crippen LogP contribution < -0.4 is 27.0 Å². The van der Waals surface area contributed by atoms with Crippen molar-refractivity contribution < 1.29 is 0 Å². The van der Waals surface area contributed by atoms with E-state index >= 15 is 0 Å². The maximum atomic E-state index is 5.70. The third-order valence-corrected chi connectivity index (χ3v) is 8.60. The molecular weight excluding hydrogens is 536 g/mol. The zero-order valence-corrected chi connectivity index (χ0v) is 27.5. The molecule has 42 heavy (non-hydrogen) atoms. The Morgan fingerprint density at radius 3 is 2.38 bits per heavy atom. The molecule has 2 aliphatic rings. The summed E-state index contributed by atoms with van der Waals surface area (Å²) in [5.41, 5.74) is 11.9. The number of thiol groups is 1. The number of allylic oxidation sites excluding steroid dienone is 5. The zero-order valence-electron chi connectivity index (χ0n) is 26.6. The van der Waals surface area contributed by atoms with Crippen LogP contribution in [0.15, 0.2) is 97.7 Å². The van der Waals surface area contributed by atoms with E-state index in [1.54, 1.807) is 0 Å². The summed E-state index contributed by atoms with van der Waals surface area (Å²) in [7, 11) is 0. The van der Waals surface area contributed by atoms with Crippen LogP contribution in [0.3, 0.4) is 0 Å². The first-order valence-electron chi connectivity index (χ1n) is 15.7.